The molecule has 0 aliphatic carbocycles. The number of benzene rings is 2. The van der Waals surface area contributed by atoms with Crippen molar-refractivity contribution in [3.63, 3.8) is 0 Å². The first-order valence-corrected chi connectivity index (χ1v) is 7.22. The van der Waals surface area contributed by atoms with Gasteiger partial charge in [0.2, 0.25) is 0 Å². The maximum atomic E-state index is 11.4. The summed E-state index contributed by atoms with van der Waals surface area (Å²) in [5, 5.41) is 7.81. The van der Waals surface area contributed by atoms with Gasteiger partial charge in [0.05, 0.1) is 18.4 Å². The molecule has 2 aromatic carbocycles. The quantitative estimate of drug-likeness (QED) is 0.748. The first-order chi connectivity index (χ1) is 11.2. The van der Waals surface area contributed by atoms with E-state index in [1.807, 2.05) is 55.6 Å². The maximum Gasteiger partial charge on any atom is 0.337 e. The molecule has 5 heteroatoms. The summed E-state index contributed by atoms with van der Waals surface area (Å²) in [6, 6.07) is 19.1. The molecule has 23 heavy (non-hydrogen) atoms. The zero-order valence-corrected chi connectivity index (χ0v) is 13.0. The molecule has 3 rings (SSSR count). The number of esters is 1. The van der Waals surface area contributed by atoms with Gasteiger partial charge in [0.1, 0.15) is 5.82 Å². The Labute approximate surface area is 134 Å². The third kappa shape index (κ3) is 3.23. The van der Waals surface area contributed by atoms with Crippen LogP contribution in [0.1, 0.15) is 10.4 Å². The molecular formula is C18H17N3O2. The van der Waals surface area contributed by atoms with Gasteiger partial charge in [0, 0.05) is 24.4 Å². The van der Waals surface area contributed by atoms with E-state index in [9.17, 15) is 4.79 Å². The van der Waals surface area contributed by atoms with Gasteiger partial charge in [-0.1, -0.05) is 30.3 Å². The summed E-state index contributed by atoms with van der Waals surface area (Å²) in [5.74, 6) is 0.526. The molecule has 1 heterocycles. The fraction of sp³-hybridized carbons (Fsp3) is 0.111. The van der Waals surface area contributed by atoms with Crippen molar-refractivity contribution in [2.24, 2.45) is 7.05 Å². The molecule has 0 amide bonds. The van der Waals surface area contributed by atoms with Crippen LogP contribution >= 0.6 is 0 Å². The smallest absolute Gasteiger partial charge is 0.337 e. The number of nitrogens with zero attached hydrogens (tertiary/aromatic N) is 2. The van der Waals surface area contributed by atoms with E-state index in [0.717, 1.165) is 22.8 Å². The van der Waals surface area contributed by atoms with E-state index in [2.05, 4.69) is 10.4 Å². The third-order valence-corrected chi connectivity index (χ3v) is 3.53. The van der Waals surface area contributed by atoms with Crippen molar-refractivity contribution in [1.82, 2.24) is 9.78 Å². The van der Waals surface area contributed by atoms with Gasteiger partial charge < -0.3 is 10.1 Å². The largest absolute Gasteiger partial charge is 0.465 e. The summed E-state index contributed by atoms with van der Waals surface area (Å²) in [4.78, 5) is 11.4. The zero-order valence-electron chi connectivity index (χ0n) is 13.0. The number of carbonyl (C=O) groups is 1. The van der Waals surface area contributed by atoms with Crippen LogP contribution in [-0.4, -0.2) is 22.9 Å². The standard InChI is InChI=1S/C18H17N3O2/c1-21-17(12-16(20-21)13-6-4-3-5-7-13)19-15-10-8-14(9-11-15)18(22)23-2/h3-12,19H,1-2H3. The molecule has 0 bridgehead atoms. The summed E-state index contributed by atoms with van der Waals surface area (Å²) >= 11 is 0. The Morgan fingerprint density at radius 2 is 1.78 bits per heavy atom. The number of hydrogen-bond donors (Lipinski definition) is 1. The normalized spacial score (nSPS) is 10.3. The second kappa shape index (κ2) is 6.36. The molecule has 0 saturated heterocycles. The van der Waals surface area contributed by atoms with Crippen molar-refractivity contribution in [3.05, 3.63) is 66.2 Å². The highest BCUT2D eigenvalue weighted by Gasteiger charge is 2.08. The fourth-order valence-corrected chi connectivity index (χ4v) is 2.29. The van der Waals surface area contributed by atoms with Gasteiger partial charge >= 0.3 is 5.97 Å². The number of ether oxygens (including phenoxy) is 1. The summed E-state index contributed by atoms with van der Waals surface area (Å²) < 4.78 is 6.48. The van der Waals surface area contributed by atoms with E-state index in [1.54, 1.807) is 16.8 Å². The van der Waals surface area contributed by atoms with Crippen molar-refractivity contribution in [3.8, 4) is 11.3 Å². The van der Waals surface area contributed by atoms with Gasteiger partial charge in [-0.05, 0) is 24.3 Å². The third-order valence-electron chi connectivity index (χ3n) is 3.53. The SMILES string of the molecule is COC(=O)c1ccc(Nc2cc(-c3ccccc3)nn2C)cc1. The van der Waals surface area contributed by atoms with Crippen LogP contribution in [-0.2, 0) is 11.8 Å². The van der Waals surface area contributed by atoms with Gasteiger partial charge in [-0.3, -0.25) is 4.68 Å². The van der Waals surface area contributed by atoms with Crippen LogP contribution < -0.4 is 5.32 Å². The second-order valence-corrected chi connectivity index (χ2v) is 5.10. The van der Waals surface area contributed by atoms with Crippen LogP contribution in [0, 0.1) is 0 Å². The molecular weight excluding hydrogens is 290 g/mol. The Morgan fingerprint density at radius 3 is 2.43 bits per heavy atom. The van der Waals surface area contributed by atoms with Crippen LogP contribution in [0.25, 0.3) is 11.3 Å². The molecule has 3 aromatic rings. The average Bonchev–Trinajstić information content (AvgIpc) is 2.96. The summed E-state index contributed by atoms with van der Waals surface area (Å²) in [6.07, 6.45) is 0. The van der Waals surface area contributed by atoms with Gasteiger partial charge in [-0.25, -0.2) is 4.79 Å². The van der Waals surface area contributed by atoms with Crippen LogP contribution in [0.4, 0.5) is 11.5 Å². The molecule has 1 aromatic heterocycles. The van der Waals surface area contributed by atoms with Crippen molar-refractivity contribution < 1.29 is 9.53 Å². The lowest BCUT2D eigenvalue weighted by molar-refractivity contribution is 0.0601. The molecule has 0 radical (unpaired) electrons. The molecule has 0 spiro atoms. The Morgan fingerprint density at radius 1 is 1.09 bits per heavy atom. The summed E-state index contributed by atoms with van der Waals surface area (Å²) in [7, 11) is 3.26. The van der Waals surface area contributed by atoms with Gasteiger partial charge in [0.15, 0.2) is 0 Å². The lowest BCUT2D eigenvalue weighted by Gasteiger charge is -2.06. The van der Waals surface area contributed by atoms with Gasteiger partial charge in [-0.15, -0.1) is 0 Å². The molecule has 0 aliphatic rings. The van der Waals surface area contributed by atoms with E-state index < -0.39 is 0 Å². The van der Waals surface area contributed by atoms with Gasteiger partial charge in [0.25, 0.3) is 0 Å². The lowest BCUT2D eigenvalue weighted by atomic mass is 10.1. The lowest BCUT2D eigenvalue weighted by Crippen LogP contribution is -2.02. The topological polar surface area (TPSA) is 56.1 Å². The van der Waals surface area contributed by atoms with Crippen molar-refractivity contribution >= 4 is 17.5 Å². The monoisotopic (exact) mass is 307 g/mol. The predicted molar refractivity (Wildman–Crippen MR) is 89.7 cm³/mol. The van der Waals surface area contributed by atoms with E-state index >= 15 is 0 Å². The van der Waals surface area contributed by atoms with E-state index in [1.165, 1.54) is 7.11 Å². The van der Waals surface area contributed by atoms with E-state index in [4.69, 9.17) is 4.74 Å². The highest BCUT2D eigenvalue weighted by Crippen LogP contribution is 2.23. The van der Waals surface area contributed by atoms with Crippen molar-refractivity contribution in [2.75, 3.05) is 12.4 Å². The maximum absolute atomic E-state index is 11.4. The molecule has 0 saturated carbocycles. The highest BCUT2D eigenvalue weighted by molar-refractivity contribution is 5.89. The van der Waals surface area contributed by atoms with Crippen LogP contribution in [0.3, 0.4) is 0 Å². The minimum Gasteiger partial charge on any atom is -0.465 e. The molecule has 0 unspecified atom stereocenters. The number of hydrogen-bond acceptors (Lipinski definition) is 4. The van der Waals surface area contributed by atoms with E-state index in [-0.39, 0.29) is 5.97 Å². The minimum atomic E-state index is -0.344. The molecule has 116 valence electrons. The Hall–Kier alpha value is -3.08. The summed E-state index contributed by atoms with van der Waals surface area (Å²) in [5.41, 5.74) is 3.37. The molecule has 0 fully saturated rings. The molecule has 0 aliphatic heterocycles. The Balaban J connectivity index is 1.81. The van der Waals surface area contributed by atoms with Gasteiger partial charge in [-0.2, -0.15) is 5.10 Å². The predicted octanol–water partition coefficient (Wildman–Crippen LogP) is 3.62. The Kier molecular flexibility index (Phi) is 4.10. The summed E-state index contributed by atoms with van der Waals surface area (Å²) in [6.45, 7) is 0. The average molecular weight is 307 g/mol. The number of methoxy groups -OCH3 is 1. The van der Waals surface area contributed by atoms with E-state index in [0.29, 0.717) is 5.56 Å². The van der Waals surface area contributed by atoms with Crippen molar-refractivity contribution in [2.45, 2.75) is 0 Å². The van der Waals surface area contributed by atoms with Crippen LogP contribution in [0.2, 0.25) is 0 Å². The highest BCUT2D eigenvalue weighted by atomic mass is 16.5. The number of aromatic nitrogens is 2. The number of rotatable bonds is 4. The zero-order chi connectivity index (χ0) is 16.2. The molecule has 1 N–H and O–H groups in total. The molecule has 5 nitrogen and oxygen atoms in total. The Bertz CT molecular complexity index is 808. The van der Waals surface area contributed by atoms with Crippen molar-refractivity contribution in [1.29, 1.82) is 0 Å². The van der Waals surface area contributed by atoms with Crippen LogP contribution in [0.5, 0.6) is 0 Å². The number of aryl methyl sites for hydroxylation is 1. The fourth-order valence-electron chi connectivity index (χ4n) is 2.29. The number of nitrogens with one attached hydrogen (secondary N) is 1. The first-order valence-electron chi connectivity index (χ1n) is 7.22. The van der Waals surface area contributed by atoms with Crippen LogP contribution in [0.15, 0.2) is 60.7 Å². The first kappa shape index (κ1) is 14.8. The minimum absolute atomic E-state index is 0.344. The number of anilines is 2. The number of carbonyl (C=O) groups excluding carboxylic acids is 1. The molecule has 0 atom stereocenters. The second-order valence-electron chi connectivity index (χ2n) is 5.10.